The number of benzene rings is 1. The van der Waals surface area contributed by atoms with Crippen molar-refractivity contribution in [2.75, 3.05) is 39.9 Å². The Balaban J connectivity index is 2.36. The summed E-state index contributed by atoms with van der Waals surface area (Å²) in [5, 5.41) is 3.44. The summed E-state index contributed by atoms with van der Waals surface area (Å²) in [6, 6.07) is 9.02. The lowest BCUT2D eigenvalue weighted by molar-refractivity contribution is 0.147. The van der Waals surface area contributed by atoms with E-state index in [1.807, 2.05) is 0 Å². The van der Waals surface area contributed by atoms with Gasteiger partial charge in [-0.3, -0.25) is 4.90 Å². The minimum absolute atomic E-state index is 0.801. The second kappa shape index (κ2) is 10.8. The van der Waals surface area contributed by atoms with Gasteiger partial charge in [0.15, 0.2) is 0 Å². The minimum Gasteiger partial charge on any atom is -0.383 e. The monoisotopic (exact) mass is 278 g/mol. The first-order valence-electron chi connectivity index (χ1n) is 7.80. The highest BCUT2D eigenvalue weighted by Crippen LogP contribution is 2.08. The molecule has 0 spiro atoms. The predicted octanol–water partition coefficient (Wildman–Crippen LogP) is 2.70. The molecule has 0 aliphatic heterocycles. The number of hydrogen-bond acceptors (Lipinski definition) is 3. The molecule has 0 bridgehead atoms. The molecular formula is C17H30N2O. The quantitative estimate of drug-likeness (QED) is 0.630. The van der Waals surface area contributed by atoms with Gasteiger partial charge in [-0.15, -0.1) is 0 Å². The Morgan fingerprint density at radius 3 is 2.35 bits per heavy atom. The van der Waals surface area contributed by atoms with E-state index < -0.39 is 0 Å². The van der Waals surface area contributed by atoms with E-state index in [9.17, 15) is 0 Å². The molecule has 0 saturated carbocycles. The predicted molar refractivity (Wildman–Crippen MR) is 86.1 cm³/mol. The number of ether oxygens (including phenoxy) is 1. The lowest BCUT2D eigenvalue weighted by Crippen LogP contribution is -2.26. The molecule has 0 heterocycles. The third kappa shape index (κ3) is 7.04. The van der Waals surface area contributed by atoms with Crippen LogP contribution in [-0.4, -0.2) is 44.8 Å². The van der Waals surface area contributed by atoms with E-state index in [1.165, 1.54) is 17.5 Å². The van der Waals surface area contributed by atoms with Crippen molar-refractivity contribution in [1.82, 2.24) is 10.2 Å². The largest absolute Gasteiger partial charge is 0.383 e. The summed E-state index contributed by atoms with van der Waals surface area (Å²) in [7, 11) is 1.76. The fraction of sp³-hybridized carbons (Fsp3) is 0.647. The van der Waals surface area contributed by atoms with Gasteiger partial charge >= 0.3 is 0 Å². The van der Waals surface area contributed by atoms with Crippen LogP contribution in [0.3, 0.4) is 0 Å². The van der Waals surface area contributed by atoms with Crippen LogP contribution in [0.4, 0.5) is 0 Å². The summed E-state index contributed by atoms with van der Waals surface area (Å²) in [6.07, 6.45) is 2.31. The molecule has 1 N–H and O–H groups in total. The van der Waals surface area contributed by atoms with Gasteiger partial charge < -0.3 is 10.1 Å². The first-order chi connectivity index (χ1) is 9.80. The normalized spacial score (nSPS) is 11.2. The smallest absolute Gasteiger partial charge is 0.0589 e. The molecule has 3 nitrogen and oxygen atoms in total. The van der Waals surface area contributed by atoms with Crippen LogP contribution in [0.25, 0.3) is 0 Å². The van der Waals surface area contributed by atoms with Gasteiger partial charge in [-0.05, 0) is 43.6 Å². The average molecular weight is 278 g/mol. The van der Waals surface area contributed by atoms with Gasteiger partial charge in [-0.25, -0.2) is 0 Å². The van der Waals surface area contributed by atoms with Crippen molar-refractivity contribution in [2.24, 2.45) is 0 Å². The highest BCUT2D eigenvalue weighted by Gasteiger charge is 2.03. The maximum atomic E-state index is 5.15. The molecule has 1 aromatic rings. The van der Waals surface area contributed by atoms with Gasteiger partial charge in [0.2, 0.25) is 0 Å². The Morgan fingerprint density at radius 2 is 1.75 bits per heavy atom. The maximum Gasteiger partial charge on any atom is 0.0589 e. The van der Waals surface area contributed by atoms with E-state index in [-0.39, 0.29) is 0 Å². The Bertz CT molecular complexity index is 337. The van der Waals surface area contributed by atoms with Crippen LogP contribution in [0.2, 0.25) is 0 Å². The number of hydrogen-bond donors (Lipinski definition) is 1. The molecule has 114 valence electrons. The summed E-state index contributed by atoms with van der Waals surface area (Å²) in [4.78, 5) is 2.40. The average Bonchev–Trinajstić information content (AvgIpc) is 2.49. The fourth-order valence-electron chi connectivity index (χ4n) is 2.17. The molecule has 0 fully saturated rings. The molecule has 0 amide bonds. The molecule has 1 rings (SSSR count). The Morgan fingerprint density at radius 1 is 1.05 bits per heavy atom. The molecule has 0 unspecified atom stereocenters. The second-order valence-corrected chi connectivity index (χ2v) is 5.18. The molecule has 3 heteroatoms. The molecule has 0 aromatic heterocycles. The van der Waals surface area contributed by atoms with E-state index in [0.717, 1.165) is 45.8 Å². The van der Waals surface area contributed by atoms with E-state index in [0.29, 0.717) is 0 Å². The SMILES string of the molecule is CCCNCCc1ccc(CN(CC)CCOC)cc1. The molecule has 0 aliphatic carbocycles. The fourth-order valence-corrected chi connectivity index (χ4v) is 2.17. The Hall–Kier alpha value is -0.900. The Kier molecular flexibility index (Phi) is 9.29. The first-order valence-corrected chi connectivity index (χ1v) is 7.80. The molecule has 0 saturated heterocycles. The van der Waals surface area contributed by atoms with Crippen molar-refractivity contribution in [2.45, 2.75) is 33.2 Å². The molecule has 0 aliphatic rings. The summed E-state index contributed by atoms with van der Waals surface area (Å²) in [5.41, 5.74) is 2.80. The topological polar surface area (TPSA) is 24.5 Å². The van der Waals surface area contributed by atoms with Crippen LogP contribution in [0.5, 0.6) is 0 Å². The van der Waals surface area contributed by atoms with Crippen molar-refractivity contribution in [3.8, 4) is 0 Å². The van der Waals surface area contributed by atoms with Crippen LogP contribution in [0, 0.1) is 0 Å². The van der Waals surface area contributed by atoms with Crippen LogP contribution in [0.15, 0.2) is 24.3 Å². The molecule has 20 heavy (non-hydrogen) atoms. The summed E-state index contributed by atoms with van der Waals surface area (Å²) in [6.45, 7) is 10.4. The van der Waals surface area contributed by atoms with Gasteiger partial charge in [0, 0.05) is 20.2 Å². The van der Waals surface area contributed by atoms with Gasteiger partial charge in [0.1, 0.15) is 0 Å². The third-order valence-corrected chi connectivity index (χ3v) is 3.51. The zero-order chi connectivity index (χ0) is 14.6. The van der Waals surface area contributed by atoms with Gasteiger partial charge in [-0.1, -0.05) is 38.1 Å². The summed E-state index contributed by atoms with van der Waals surface area (Å²) in [5.74, 6) is 0. The van der Waals surface area contributed by atoms with Crippen LogP contribution in [-0.2, 0) is 17.7 Å². The second-order valence-electron chi connectivity index (χ2n) is 5.18. The zero-order valence-corrected chi connectivity index (χ0v) is 13.3. The number of likely N-dealkylation sites (N-methyl/N-ethyl adjacent to an activating group) is 1. The molecule has 1 aromatic carbocycles. The zero-order valence-electron chi connectivity index (χ0n) is 13.3. The highest BCUT2D eigenvalue weighted by molar-refractivity contribution is 5.22. The van der Waals surface area contributed by atoms with Crippen molar-refractivity contribution in [1.29, 1.82) is 0 Å². The molecule has 0 radical (unpaired) electrons. The van der Waals surface area contributed by atoms with Crippen molar-refractivity contribution in [3.05, 3.63) is 35.4 Å². The standard InChI is InChI=1S/C17H30N2O/c1-4-11-18-12-10-16-6-8-17(9-7-16)15-19(5-2)13-14-20-3/h6-9,18H,4-5,10-15H2,1-3H3. The minimum atomic E-state index is 0.801. The third-order valence-electron chi connectivity index (χ3n) is 3.51. The van der Waals surface area contributed by atoms with Crippen molar-refractivity contribution in [3.63, 3.8) is 0 Å². The number of nitrogens with one attached hydrogen (secondary N) is 1. The van der Waals surface area contributed by atoms with E-state index in [2.05, 4.69) is 48.3 Å². The van der Waals surface area contributed by atoms with Crippen LogP contribution >= 0.6 is 0 Å². The number of nitrogens with zero attached hydrogens (tertiary/aromatic N) is 1. The van der Waals surface area contributed by atoms with Gasteiger partial charge in [0.25, 0.3) is 0 Å². The maximum absolute atomic E-state index is 5.15. The summed E-state index contributed by atoms with van der Waals surface area (Å²) < 4.78 is 5.15. The molecular weight excluding hydrogens is 248 g/mol. The van der Waals surface area contributed by atoms with Gasteiger partial charge in [0.05, 0.1) is 6.61 Å². The highest BCUT2D eigenvalue weighted by atomic mass is 16.5. The van der Waals surface area contributed by atoms with Crippen molar-refractivity contribution >= 4 is 0 Å². The number of rotatable bonds is 11. The number of methoxy groups -OCH3 is 1. The molecule has 0 atom stereocenters. The van der Waals surface area contributed by atoms with Crippen LogP contribution < -0.4 is 5.32 Å². The van der Waals surface area contributed by atoms with E-state index in [1.54, 1.807) is 7.11 Å². The van der Waals surface area contributed by atoms with E-state index >= 15 is 0 Å². The van der Waals surface area contributed by atoms with E-state index in [4.69, 9.17) is 4.74 Å². The van der Waals surface area contributed by atoms with Crippen LogP contribution in [0.1, 0.15) is 31.4 Å². The Labute approximate surface area is 124 Å². The van der Waals surface area contributed by atoms with Crippen molar-refractivity contribution < 1.29 is 4.74 Å². The first kappa shape index (κ1) is 17.2. The summed E-state index contributed by atoms with van der Waals surface area (Å²) >= 11 is 0. The lowest BCUT2D eigenvalue weighted by atomic mass is 10.1. The lowest BCUT2D eigenvalue weighted by Gasteiger charge is -2.20. The van der Waals surface area contributed by atoms with Gasteiger partial charge in [-0.2, -0.15) is 0 Å².